The van der Waals surface area contributed by atoms with Gasteiger partial charge in [-0.05, 0) is 72.1 Å². The quantitative estimate of drug-likeness (QED) is 0.0211. The monoisotopic (exact) mass is 1310 g/mol. The molecule has 0 saturated carbocycles. The fourth-order valence-corrected chi connectivity index (χ4v) is 9.58. The average molecular weight is 1310 g/mol. The van der Waals surface area contributed by atoms with Gasteiger partial charge in [0.2, 0.25) is 0 Å². The van der Waals surface area contributed by atoms with Gasteiger partial charge in [0.1, 0.15) is 0 Å². The predicted octanol–water partition coefficient (Wildman–Crippen LogP) is 24.7. The molecule has 1 atom stereocenters. The van der Waals surface area contributed by atoms with E-state index in [-0.39, 0.29) is 12.7 Å². The van der Waals surface area contributed by atoms with Crippen LogP contribution < -0.4 is 0 Å². The van der Waals surface area contributed by atoms with Crippen molar-refractivity contribution < 1.29 is 46.0 Å². The fraction of sp³-hybridized carbons (Fsp3) is 0.976. The standard InChI is InChI=1S/C14H30O.C12H26O.C11H24O.C10H22O.C9H20O.C8H18O.C7H16O.C6H14O.C5H10O/c1-2-3-4-5-6-7-8-9-10-11-12-13-14-15;1-2-3-4-5-6-7-8-9-10-11-12-13;1-2-3-4-5-6-7-8-9-10-11-12;1-2-3-4-5-6-7-8-9-10-11;1-2-3-4-5-6-7-8-9-10;1-2-3-4-5-6-7-8-9;1-2-3-4-5-6-7-8;1-3-4-5-6(2)7;1-5(2)3-4-6/h15H,2-14H2,1H3;13H,2-12H2,1H3;12H,2-11H2,1H3;11H,2-10H2,1H3;10H,2-9H2,1H3;9H,2-8H2,1H3;8H,2-7H2,1H3;6-7H,3-5H2,1-2H3;3,6H,4H2,1-2H3. The number of aliphatic hydroxyl groups is 9. The highest BCUT2D eigenvalue weighted by Crippen LogP contribution is 2.14. The van der Waals surface area contributed by atoms with Gasteiger partial charge >= 0.3 is 0 Å². The van der Waals surface area contributed by atoms with E-state index in [1.807, 2.05) is 20.8 Å². The average Bonchev–Trinajstić information content (AvgIpc) is 3.55. The molecule has 0 aromatic rings. The normalized spacial score (nSPS) is 10.5. The Morgan fingerprint density at radius 1 is 0.209 bits per heavy atom. The van der Waals surface area contributed by atoms with Gasteiger partial charge in [0.05, 0.1) is 12.7 Å². The molecule has 0 aliphatic rings. The van der Waals surface area contributed by atoms with E-state index >= 15 is 0 Å². The Bertz CT molecular complexity index is 966. The minimum atomic E-state index is -0.0973. The van der Waals surface area contributed by atoms with Crippen LogP contribution in [-0.4, -0.2) is 105 Å². The maximum Gasteiger partial charge on any atom is 0.0614 e. The zero-order valence-corrected chi connectivity index (χ0v) is 64.8. The van der Waals surface area contributed by atoms with E-state index in [1.54, 1.807) is 6.08 Å². The summed E-state index contributed by atoms with van der Waals surface area (Å²) in [5.41, 5.74) is 1.16. The molecular weight excluding hydrogens is 1130 g/mol. The van der Waals surface area contributed by atoms with Crippen LogP contribution in [0.1, 0.15) is 461 Å². The van der Waals surface area contributed by atoms with Gasteiger partial charge in [-0.3, -0.25) is 0 Å². The van der Waals surface area contributed by atoms with Crippen LogP contribution in [0.5, 0.6) is 0 Å². The van der Waals surface area contributed by atoms with Gasteiger partial charge in [0, 0.05) is 46.2 Å². The first-order valence-corrected chi connectivity index (χ1v) is 40.6. The van der Waals surface area contributed by atoms with Crippen molar-refractivity contribution in [2.75, 3.05) is 52.9 Å². The van der Waals surface area contributed by atoms with Crippen LogP contribution in [0, 0.1) is 0 Å². The third-order valence-electron chi connectivity index (χ3n) is 15.8. The molecule has 0 rings (SSSR count). The zero-order valence-electron chi connectivity index (χ0n) is 64.8. The smallest absolute Gasteiger partial charge is 0.0614 e. The van der Waals surface area contributed by atoms with Crippen LogP contribution in [0.2, 0.25) is 0 Å². The molecule has 0 saturated heterocycles. The number of hydrogen-bond acceptors (Lipinski definition) is 9. The molecule has 0 bridgehead atoms. The maximum absolute atomic E-state index is 8.68. The number of rotatable bonds is 61. The third kappa shape index (κ3) is 170. The highest BCUT2D eigenvalue weighted by Gasteiger charge is 1.96. The van der Waals surface area contributed by atoms with Crippen molar-refractivity contribution in [3.63, 3.8) is 0 Å². The summed E-state index contributed by atoms with van der Waals surface area (Å²) in [5, 5.41) is 76.3. The molecule has 0 heterocycles. The summed E-state index contributed by atoms with van der Waals surface area (Å²) in [5.74, 6) is 0. The van der Waals surface area contributed by atoms with Crippen molar-refractivity contribution in [2.45, 2.75) is 468 Å². The maximum atomic E-state index is 8.68. The second-order valence-corrected chi connectivity index (χ2v) is 26.2. The van der Waals surface area contributed by atoms with Crippen LogP contribution in [0.3, 0.4) is 0 Å². The lowest BCUT2D eigenvalue weighted by Gasteiger charge is -2.01. The number of unbranched alkanes of at least 4 members (excludes halogenated alkanes) is 51. The Morgan fingerprint density at radius 3 is 0.396 bits per heavy atom. The lowest BCUT2D eigenvalue weighted by Crippen LogP contribution is -1.97. The van der Waals surface area contributed by atoms with E-state index in [9.17, 15) is 0 Å². The molecule has 0 radical (unpaired) electrons. The molecule has 0 spiro atoms. The molecule has 0 aliphatic carbocycles. The van der Waals surface area contributed by atoms with E-state index in [1.165, 1.54) is 327 Å². The van der Waals surface area contributed by atoms with Crippen molar-refractivity contribution in [2.24, 2.45) is 0 Å². The Kier molecular flexibility index (Phi) is 151. The molecule has 0 aromatic heterocycles. The van der Waals surface area contributed by atoms with E-state index in [0.717, 1.165) is 63.4 Å². The molecule has 0 fully saturated rings. The molecular formula is C82H180O9. The van der Waals surface area contributed by atoms with Crippen molar-refractivity contribution in [1.29, 1.82) is 0 Å². The van der Waals surface area contributed by atoms with Crippen LogP contribution in [0.25, 0.3) is 0 Å². The first-order chi connectivity index (χ1) is 44.4. The molecule has 9 nitrogen and oxygen atoms in total. The molecule has 0 amide bonds. The molecule has 0 aliphatic heterocycles. The van der Waals surface area contributed by atoms with Crippen LogP contribution in [0.4, 0.5) is 0 Å². The first kappa shape index (κ1) is 109. The highest BCUT2D eigenvalue weighted by atomic mass is 16.3. The van der Waals surface area contributed by atoms with E-state index < -0.39 is 0 Å². The van der Waals surface area contributed by atoms with E-state index in [4.69, 9.17) is 46.0 Å². The Labute approximate surface area is 575 Å². The number of aliphatic hydroxyl groups excluding tert-OH is 9. The lowest BCUT2D eigenvalue weighted by molar-refractivity contribution is 0.181. The number of allylic oxidation sites excluding steroid dienone is 1. The van der Waals surface area contributed by atoms with Gasteiger partial charge < -0.3 is 46.0 Å². The van der Waals surface area contributed by atoms with Crippen LogP contribution >= 0.6 is 0 Å². The largest absolute Gasteiger partial charge is 0.396 e. The van der Waals surface area contributed by atoms with E-state index in [2.05, 4.69) is 55.4 Å². The van der Waals surface area contributed by atoms with Gasteiger partial charge in [0.25, 0.3) is 0 Å². The third-order valence-corrected chi connectivity index (χ3v) is 15.8. The fourth-order valence-electron chi connectivity index (χ4n) is 9.58. The second-order valence-electron chi connectivity index (χ2n) is 26.2. The minimum Gasteiger partial charge on any atom is -0.396 e. The lowest BCUT2D eigenvalue weighted by atomic mass is 10.1. The predicted molar refractivity (Wildman–Crippen MR) is 410 cm³/mol. The summed E-state index contributed by atoms with van der Waals surface area (Å²) in [4.78, 5) is 0. The molecule has 91 heavy (non-hydrogen) atoms. The summed E-state index contributed by atoms with van der Waals surface area (Å²) in [6.07, 6.45) is 79.2. The second kappa shape index (κ2) is 126. The van der Waals surface area contributed by atoms with Crippen molar-refractivity contribution in [3.05, 3.63) is 11.6 Å². The minimum absolute atomic E-state index is 0.0973. The van der Waals surface area contributed by atoms with Crippen LogP contribution in [0.15, 0.2) is 11.6 Å². The summed E-state index contributed by atoms with van der Waals surface area (Å²) in [6, 6.07) is 0. The number of hydrogen-bond donors (Lipinski definition) is 9. The highest BCUT2D eigenvalue weighted by molar-refractivity contribution is 4.92. The van der Waals surface area contributed by atoms with Crippen LogP contribution in [-0.2, 0) is 0 Å². The van der Waals surface area contributed by atoms with Crippen molar-refractivity contribution >= 4 is 0 Å². The molecule has 9 N–H and O–H groups in total. The Hall–Kier alpha value is -0.620. The van der Waals surface area contributed by atoms with Gasteiger partial charge in [0.15, 0.2) is 0 Å². The molecule has 562 valence electrons. The van der Waals surface area contributed by atoms with Crippen molar-refractivity contribution in [3.8, 4) is 0 Å². The summed E-state index contributed by atoms with van der Waals surface area (Å²) < 4.78 is 0. The summed E-state index contributed by atoms with van der Waals surface area (Å²) in [6.45, 7) is 26.3. The summed E-state index contributed by atoms with van der Waals surface area (Å²) >= 11 is 0. The molecule has 1 unspecified atom stereocenters. The van der Waals surface area contributed by atoms with Crippen molar-refractivity contribution in [1.82, 2.24) is 0 Å². The topological polar surface area (TPSA) is 182 Å². The summed E-state index contributed by atoms with van der Waals surface area (Å²) in [7, 11) is 0. The Morgan fingerprint density at radius 2 is 0.330 bits per heavy atom. The first-order valence-electron chi connectivity index (χ1n) is 40.6. The van der Waals surface area contributed by atoms with Gasteiger partial charge in [-0.15, -0.1) is 0 Å². The SMILES string of the molecule is CC(C)=CCO.CCCCC(C)O.CCCCCCCCCCCCCCO.CCCCCCCCCCCCO.CCCCCCCCCCCO.CCCCCCCCCCO.CCCCCCCCCO.CCCCCCCCO.CCCCCCCO. The zero-order chi connectivity index (χ0) is 69.9. The van der Waals surface area contributed by atoms with Gasteiger partial charge in [-0.1, -0.05) is 401 Å². The van der Waals surface area contributed by atoms with Gasteiger partial charge in [-0.2, -0.15) is 0 Å². The molecule has 0 aromatic carbocycles. The van der Waals surface area contributed by atoms with E-state index in [0.29, 0.717) is 46.2 Å². The Balaban J connectivity index is -0.000000120. The van der Waals surface area contributed by atoms with Gasteiger partial charge in [-0.25, -0.2) is 0 Å². The molecule has 9 heteroatoms.